The fourth-order valence-electron chi connectivity index (χ4n) is 2.40. The molecule has 2 rings (SSSR count). The number of nitrogens with one attached hydrogen (secondary N) is 2. The fourth-order valence-corrected chi connectivity index (χ4v) is 2.62. The van der Waals surface area contributed by atoms with Gasteiger partial charge in [0, 0.05) is 0 Å². The number of ether oxygens (including phenoxy) is 1. The van der Waals surface area contributed by atoms with Gasteiger partial charge >= 0.3 is 5.97 Å². The first-order chi connectivity index (χ1) is 10.3. The lowest BCUT2D eigenvalue weighted by atomic mass is 9.91. The predicted molar refractivity (Wildman–Crippen MR) is 87.2 cm³/mol. The minimum Gasteiger partial charge on any atom is -0.464 e. The van der Waals surface area contributed by atoms with Crippen LogP contribution in [-0.4, -0.2) is 24.0 Å². The monoisotopic (exact) mass is 318 g/mol. The van der Waals surface area contributed by atoms with E-state index < -0.39 is 12.0 Å². The first-order valence-electron chi connectivity index (χ1n) is 6.83. The number of benzene rings is 1. The lowest BCUT2D eigenvalue weighted by Gasteiger charge is -2.30. The molecule has 0 fully saturated rings. The Morgan fingerprint density at radius 3 is 2.45 bits per heavy atom. The number of methoxy groups -OCH3 is 1. The Labute approximate surface area is 134 Å². The van der Waals surface area contributed by atoms with Crippen LogP contribution in [-0.2, 0) is 14.3 Å². The number of Topliss-reactive ketones (excluding diaryl/α,β-unsaturated/α-hetero) is 1. The zero-order valence-corrected chi connectivity index (χ0v) is 13.8. The van der Waals surface area contributed by atoms with Crippen LogP contribution in [0.3, 0.4) is 0 Å². The minimum atomic E-state index is -0.608. The fraction of sp³-hybridized carbons (Fsp3) is 0.312. The van der Waals surface area contributed by atoms with Crippen molar-refractivity contribution in [1.29, 1.82) is 0 Å². The summed E-state index contributed by atoms with van der Waals surface area (Å²) in [7, 11) is 1.27. The molecule has 22 heavy (non-hydrogen) atoms. The molecule has 0 saturated heterocycles. The number of carbonyl (C=O) groups excluding carboxylic acids is 2. The smallest absolute Gasteiger partial charge is 0.355 e. The van der Waals surface area contributed by atoms with Crippen LogP contribution in [0.2, 0.25) is 0 Å². The van der Waals surface area contributed by atoms with Gasteiger partial charge in [0.25, 0.3) is 0 Å². The Morgan fingerprint density at radius 1 is 1.23 bits per heavy atom. The van der Waals surface area contributed by atoms with Crippen molar-refractivity contribution in [2.75, 3.05) is 7.11 Å². The molecule has 1 aliphatic rings. The third-order valence-corrected chi connectivity index (χ3v) is 3.93. The Bertz CT molecular complexity index is 695. The Hall–Kier alpha value is -2.21. The third kappa shape index (κ3) is 3.01. The van der Waals surface area contributed by atoms with Gasteiger partial charge in [-0.25, -0.2) is 4.79 Å². The van der Waals surface area contributed by atoms with Gasteiger partial charge in [-0.3, -0.25) is 4.79 Å². The van der Waals surface area contributed by atoms with Crippen LogP contribution in [0.5, 0.6) is 0 Å². The van der Waals surface area contributed by atoms with Crippen molar-refractivity contribution in [1.82, 2.24) is 10.6 Å². The van der Waals surface area contributed by atoms with E-state index >= 15 is 0 Å². The molecule has 1 heterocycles. The summed E-state index contributed by atoms with van der Waals surface area (Å²) in [5.41, 5.74) is 3.55. The van der Waals surface area contributed by atoms with Gasteiger partial charge in [-0.2, -0.15) is 0 Å². The second-order valence-electron chi connectivity index (χ2n) is 5.21. The summed E-state index contributed by atoms with van der Waals surface area (Å²) in [6, 6.07) is 5.41. The highest BCUT2D eigenvalue weighted by atomic mass is 32.1. The normalized spacial score (nSPS) is 17.6. The maximum atomic E-state index is 12.1. The summed E-state index contributed by atoms with van der Waals surface area (Å²) < 4.78 is 4.75. The highest BCUT2D eigenvalue weighted by Crippen LogP contribution is 2.29. The van der Waals surface area contributed by atoms with Crippen LogP contribution in [0.15, 0.2) is 29.5 Å². The highest BCUT2D eigenvalue weighted by molar-refractivity contribution is 7.80. The summed E-state index contributed by atoms with van der Waals surface area (Å²) in [5.74, 6) is -0.825. The van der Waals surface area contributed by atoms with E-state index in [4.69, 9.17) is 17.0 Å². The van der Waals surface area contributed by atoms with Crippen LogP contribution in [0.1, 0.15) is 29.7 Å². The van der Waals surface area contributed by atoms with Crippen molar-refractivity contribution in [2.45, 2.75) is 26.8 Å². The topological polar surface area (TPSA) is 67.4 Å². The maximum absolute atomic E-state index is 12.1. The van der Waals surface area contributed by atoms with Gasteiger partial charge in [0.15, 0.2) is 10.9 Å². The number of ketones is 1. The first kappa shape index (κ1) is 16.2. The molecule has 1 atom stereocenters. The highest BCUT2D eigenvalue weighted by Gasteiger charge is 2.33. The van der Waals surface area contributed by atoms with E-state index in [2.05, 4.69) is 10.6 Å². The Balaban J connectivity index is 2.60. The number of hydrogen-bond acceptors (Lipinski definition) is 4. The van der Waals surface area contributed by atoms with Crippen LogP contribution in [0.25, 0.3) is 0 Å². The second kappa shape index (κ2) is 6.27. The van der Waals surface area contributed by atoms with E-state index in [1.165, 1.54) is 14.0 Å². The van der Waals surface area contributed by atoms with E-state index in [9.17, 15) is 9.59 Å². The standard InChI is InChI=1S/C16H18N2O3S/c1-8-5-6-11(7-9(8)2)13-12(10(3)19)14(15(20)21-4)18-16(22)17-13/h5-7,13H,1-4H3,(H2,17,18,22). The van der Waals surface area contributed by atoms with Crippen molar-refractivity contribution < 1.29 is 14.3 Å². The molecule has 0 aliphatic carbocycles. The van der Waals surface area contributed by atoms with E-state index in [0.29, 0.717) is 5.57 Å². The average Bonchev–Trinajstić information content (AvgIpc) is 2.47. The van der Waals surface area contributed by atoms with Crippen molar-refractivity contribution in [2.24, 2.45) is 0 Å². The largest absolute Gasteiger partial charge is 0.464 e. The summed E-state index contributed by atoms with van der Waals surface area (Å²) in [5, 5.41) is 6.07. The summed E-state index contributed by atoms with van der Waals surface area (Å²) in [6.45, 7) is 5.43. The molecule has 5 nitrogen and oxygen atoms in total. The molecule has 1 aliphatic heterocycles. The predicted octanol–water partition coefficient (Wildman–Crippen LogP) is 1.84. The molecule has 0 bridgehead atoms. The molecule has 1 unspecified atom stereocenters. The van der Waals surface area contributed by atoms with Crippen molar-refractivity contribution >= 4 is 29.1 Å². The summed E-state index contributed by atoms with van der Waals surface area (Å²) in [6.07, 6.45) is 0. The van der Waals surface area contributed by atoms with Crippen LogP contribution >= 0.6 is 12.2 Å². The molecule has 0 spiro atoms. The minimum absolute atomic E-state index is 0.0991. The average molecular weight is 318 g/mol. The zero-order chi connectivity index (χ0) is 16.4. The molecule has 0 amide bonds. The molecule has 116 valence electrons. The van der Waals surface area contributed by atoms with Crippen molar-refractivity contribution in [3.8, 4) is 0 Å². The summed E-state index contributed by atoms with van der Waals surface area (Å²) >= 11 is 5.15. The van der Waals surface area contributed by atoms with Gasteiger partial charge < -0.3 is 15.4 Å². The molecule has 0 saturated carbocycles. The molecular weight excluding hydrogens is 300 g/mol. The number of rotatable bonds is 3. The Kier molecular flexibility index (Phi) is 4.61. The van der Waals surface area contributed by atoms with Gasteiger partial charge in [0.1, 0.15) is 5.70 Å². The van der Waals surface area contributed by atoms with Crippen molar-refractivity contribution in [3.63, 3.8) is 0 Å². The lowest BCUT2D eigenvalue weighted by Crippen LogP contribution is -2.47. The number of carbonyl (C=O) groups is 2. The molecule has 1 aromatic rings. The molecule has 0 aromatic heterocycles. The molecule has 0 radical (unpaired) electrons. The van der Waals surface area contributed by atoms with Crippen LogP contribution < -0.4 is 10.6 Å². The first-order valence-corrected chi connectivity index (χ1v) is 7.24. The number of aryl methyl sites for hydroxylation is 2. The van der Waals surface area contributed by atoms with Gasteiger partial charge in [-0.05, 0) is 49.7 Å². The second-order valence-corrected chi connectivity index (χ2v) is 5.62. The number of thiocarbonyl (C=S) groups is 1. The van der Waals surface area contributed by atoms with Crippen molar-refractivity contribution in [3.05, 3.63) is 46.2 Å². The number of hydrogen-bond donors (Lipinski definition) is 2. The molecular formula is C16H18N2O3S. The quantitative estimate of drug-likeness (QED) is 0.655. The van der Waals surface area contributed by atoms with Crippen LogP contribution in [0.4, 0.5) is 0 Å². The molecule has 2 N–H and O–H groups in total. The number of esters is 1. The van der Waals surface area contributed by atoms with Gasteiger partial charge in [-0.1, -0.05) is 18.2 Å². The zero-order valence-electron chi connectivity index (χ0n) is 12.9. The molecule has 6 heteroatoms. The summed E-state index contributed by atoms with van der Waals surface area (Å²) in [4.78, 5) is 24.0. The van der Waals surface area contributed by atoms with Crippen LogP contribution in [0, 0.1) is 13.8 Å². The SMILES string of the molecule is COC(=O)C1=C(C(C)=O)C(c2ccc(C)c(C)c2)NC(=S)N1. The Morgan fingerprint density at radius 2 is 1.91 bits per heavy atom. The van der Waals surface area contributed by atoms with Gasteiger partial charge in [0.2, 0.25) is 0 Å². The third-order valence-electron chi connectivity index (χ3n) is 3.71. The maximum Gasteiger partial charge on any atom is 0.355 e. The van der Waals surface area contributed by atoms with E-state index in [0.717, 1.165) is 16.7 Å². The van der Waals surface area contributed by atoms with Gasteiger partial charge in [-0.15, -0.1) is 0 Å². The van der Waals surface area contributed by atoms with E-state index in [1.807, 2.05) is 32.0 Å². The van der Waals surface area contributed by atoms with E-state index in [1.54, 1.807) is 0 Å². The lowest BCUT2D eigenvalue weighted by molar-refractivity contribution is -0.136. The van der Waals surface area contributed by atoms with Gasteiger partial charge in [0.05, 0.1) is 18.7 Å². The van der Waals surface area contributed by atoms with E-state index in [-0.39, 0.29) is 16.6 Å². The molecule has 1 aromatic carbocycles.